The Bertz CT molecular complexity index is 3340. The van der Waals surface area contributed by atoms with E-state index in [1.807, 2.05) is 107 Å². The number of hydrogen-bond acceptors (Lipinski definition) is 12. The lowest BCUT2D eigenvalue weighted by molar-refractivity contribution is -0.141. The Balaban J connectivity index is 1.12. The minimum atomic E-state index is -4.49. The molecule has 0 heterocycles. The topological polar surface area (TPSA) is 294 Å². The number of hydrogen-bond donors (Lipinski definition) is 7. The highest BCUT2D eigenvalue weighted by molar-refractivity contribution is 7.90. The summed E-state index contributed by atoms with van der Waals surface area (Å²) in [6.45, 7) is 23.0. The number of rotatable bonds is 25. The number of benzene rings is 4. The summed E-state index contributed by atoms with van der Waals surface area (Å²) in [5.41, 5.74) is 7.11. The highest BCUT2D eigenvalue weighted by Gasteiger charge is 2.48. The molecule has 4 aromatic rings. The second-order valence-corrected chi connectivity index (χ2v) is 28.3. The predicted octanol–water partition coefficient (Wildman–Crippen LogP) is 8.27. The van der Waals surface area contributed by atoms with Crippen molar-refractivity contribution in [2.45, 2.75) is 173 Å². The summed E-state index contributed by atoms with van der Waals surface area (Å²) >= 11 is 0. The van der Waals surface area contributed by atoms with E-state index in [4.69, 9.17) is 15.2 Å². The molecule has 0 saturated heterocycles. The lowest BCUT2D eigenvalue weighted by atomic mass is 9.76. The molecule has 8 N–H and O–H groups in total. The van der Waals surface area contributed by atoms with E-state index >= 15 is 0 Å². The maximum Gasteiger partial charge on any atom is 0.410 e. The van der Waals surface area contributed by atoms with Crippen LogP contribution in [0, 0.1) is 17.3 Å². The highest BCUT2D eigenvalue weighted by Crippen LogP contribution is 2.46. The molecule has 22 heteroatoms. The molecule has 0 unspecified atom stereocenters. The molecule has 4 aromatic carbocycles. The molecule has 2 aliphatic carbocycles. The van der Waals surface area contributed by atoms with Crippen molar-refractivity contribution in [2.24, 2.45) is 23.0 Å². The number of alkyl carbamates (subject to hydrolysis) is 1. The average molecular weight is 1250 g/mol. The zero-order valence-corrected chi connectivity index (χ0v) is 54.8. The molecule has 2 aliphatic rings. The monoisotopic (exact) mass is 1250 g/mol. The number of ether oxygens (including phenoxy) is 2. The number of primary amides is 1. The van der Waals surface area contributed by atoms with E-state index in [-0.39, 0.29) is 48.3 Å². The molecule has 89 heavy (non-hydrogen) atoms. The van der Waals surface area contributed by atoms with Crippen LogP contribution in [-0.2, 0) is 54.4 Å². The first-order chi connectivity index (χ1) is 41.5. The minimum Gasteiger partial charge on any atom is -0.449 e. The number of nitrogens with one attached hydrogen (secondary N) is 6. The molecule has 5 atom stereocenters. The number of amides is 9. The number of likely N-dealkylation sites (N-methyl/N-ethyl adjacent to an activating group) is 2. The lowest BCUT2D eigenvalue weighted by Crippen LogP contribution is -2.63. The molecule has 21 nitrogen and oxygen atoms in total. The first-order valence-electron chi connectivity index (χ1n) is 30.2. The SMILES string of the molecule is C/C(=C\[C@H](C(C)C)N(C)C(=O)[C@@H](NC(=O)[C@@H](N(C)C(=O)OC(C)(C)C)C(C)(C)c1ccccc1)C(C)(C)C)C(=O)NS(=O)(=O)c1ccc(C2(NC(=O)[C@H](CCCNC(N)=O)NC(=O)[C@@H](NC(=O)OCC3c4ccccc4-c4ccccc43)C(C)C)CC2)cc1. The second-order valence-electron chi connectivity index (χ2n) is 26.6. The van der Waals surface area contributed by atoms with Crippen LogP contribution in [0.5, 0.6) is 0 Å². The van der Waals surface area contributed by atoms with Gasteiger partial charge in [0.05, 0.1) is 16.5 Å². The van der Waals surface area contributed by atoms with E-state index in [1.165, 1.54) is 54.1 Å². The third-order valence-corrected chi connectivity index (χ3v) is 17.7. The van der Waals surface area contributed by atoms with Crippen LogP contribution in [0.2, 0.25) is 0 Å². The van der Waals surface area contributed by atoms with Gasteiger partial charge in [-0.15, -0.1) is 0 Å². The number of carbonyl (C=O) groups is 8. The van der Waals surface area contributed by atoms with Crippen LogP contribution in [0.1, 0.15) is 144 Å². The van der Waals surface area contributed by atoms with Crippen molar-refractivity contribution in [1.29, 1.82) is 0 Å². The number of fused-ring (bicyclic) bond motifs is 3. The van der Waals surface area contributed by atoms with Gasteiger partial charge in [0.25, 0.3) is 15.9 Å². The Morgan fingerprint density at radius 3 is 1.79 bits per heavy atom. The van der Waals surface area contributed by atoms with Gasteiger partial charge in [-0.25, -0.2) is 27.5 Å². The summed E-state index contributed by atoms with van der Waals surface area (Å²) in [5.74, 6) is -4.21. The summed E-state index contributed by atoms with van der Waals surface area (Å²) in [5, 5.41) is 14.0. The van der Waals surface area contributed by atoms with E-state index in [0.29, 0.717) is 18.4 Å². The van der Waals surface area contributed by atoms with E-state index in [2.05, 4.69) is 31.3 Å². The van der Waals surface area contributed by atoms with Gasteiger partial charge in [-0.05, 0) is 116 Å². The van der Waals surface area contributed by atoms with Crippen molar-refractivity contribution in [2.75, 3.05) is 27.2 Å². The Morgan fingerprint density at radius 1 is 0.708 bits per heavy atom. The summed E-state index contributed by atoms with van der Waals surface area (Å²) < 4.78 is 41.4. The van der Waals surface area contributed by atoms with Crippen molar-refractivity contribution in [3.05, 3.63) is 137 Å². The maximum atomic E-state index is 14.8. The molecular weight excluding hydrogens is 1150 g/mol. The van der Waals surface area contributed by atoms with Crippen molar-refractivity contribution in [3.8, 4) is 11.1 Å². The van der Waals surface area contributed by atoms with Gasteiger partial charge in [0.1, 0.15) is 36.4 Å². The van der Waals surface area contributed by atoms with E-state index in [1.54, 1.807) is 62.4 Å². The molecule has 482 valence electrons. The number of urea groups is 1. The average Bonchev–Trinajstić information content (AvgIpc) is 2.19. The van der Waals surface area contributed by atoms with Gasteiger partial charge in [-0.2, -0.15) is 0 Å². The Hall–Kier alpha value is -8.27. The van der Waals surface area contributed by atoms with Gasteiger partial charge in [0.15, 0.2) is 0 Å². The van der Waals surface area contributed by atoms with Crippen molar-refractivity contribution in [1.82, 2.24) is 41.1 Å². The Morgan fingerprint density at radius 2 is 1.27 bits per heavy atom. The van der Waals surface area contributed by atoms with Gasteiger partial charge < -0.3 is 46.7 Å². The summed E-state index contributed by atoms with van der Waals surface area (Å²) in [4.78, 5) is 113. The Labute approximate surface area is 524 Å². The van der Waals surface area contributed by atoms with Gasteiger partial charge in [-0.1, -0.05) is 159 Å². The summed E-state index contributed by atoms with van der Waals surface area (Å²) in [7, 11) is -1.46. The number of sulfonamides is 1. The summed E-state index contributed by atoms with van der Waals surface area (Å²) in [6.07, 6.45) is 1.22. The largest absolute Gasteiger partial charge is 0.449 e. The van der Waals surface area contributed by atoms with Crippen molar-refractivity contribution < 1.29 is 56.2 Å². The van der Waals surface area contributed by atoms with Crippen molar-refractivity contribution >= 4 is 57.8 Å². The standard InChI is InChI=1S/C67H91N9O12S/c1-40(2)52(75(14)60(81)54(64(6,7)8)72-59(80)55(76(15)63(84)88-65(9,10)11)66(12,13)43-24-17-16-18-25-43)38-42(5)56(77)74-89(85,86)45-33-31-44(32-34-45)67(35-36-67)73-57(78)51(30-23-37-69-61(68)82)70-58(79)53(41(3)4)71-62(83)87-39-50-48-28-21-19-26-46(48)47-27-20-22-29-49(47)50/h16-22,24-29,31-34,38,40-41,50-55H,23,30,35-37,39H2,1-15H3,(H,70,79)(H,71,83)(H,72,80)(H,73,78)(H,74,77)(H3,68,69,82)/b42-38+/t51-,52+,53-,54+,55+/m0/s1. The molecule has 0 radical (unpaired) electrons. The fourth-order valence-electron chi connectivity index (χ4n) is 11.3. The van der Waals surface area contributed by atoms with Gasteiger partial charge in [0, 0.05) is 37.5 Å². The van der Waals surface area contributed by atoms with Crippen LogP contribution in [-0.4, -0.2) is 129 Å². The van der Waals surface area contributed by atoms with Gasteiger partial charge >= 0.3 is 18.2 Å². The number of nitrogens with zero attached hydrogens (tertiary/aromatic N) is 2. The molecule has 0 aliphatic heterocycles. The highest BCUT2D eigenvalue weighted by atomic mass is 32.2. The quantitative estimate of drug-likeness (QED) is 0.0244. The molecular formula is C67H91N9O12S. The molecule has 6 rings (SSSR count). The fraction of sp³-hybridized carbons (Fsp3) is 0.493. The smallest absolute Gasteiger partial charge is 0.410 e. The van der Waals surface area contributed by atoms with E-state index < -0.39 is 116 Å². The van der Waals surface area contributed by atoms with Gasteiger partial charge in [0.2, 0.25) is 23.6 Å². The Kier molecular flexibility index (Phi) is 22.3. The molecule has 9 amide bonds. The number of carbonyl (C=O) groups excluding carboxylic acids is 8. The first kappa shape index (κ1) is 69.8. The van der Waals surface area contributed by atoms with Crippen LogP contribution in [0.3, 0.4) is 0 Å². The normalized spacial score (nSPS) is 15.6. The fourth-order valence-corrected chi connectivity index (χ4v) is 12.3. The zero-order valence-electron chi connectivity index (χ0n) is 54.0. The maximum absolute atomic E-state index is 14.8. The third kappa shape index (κ3) is 17.5. The molecule has 0 aromatic heterocycles. The molecule has 0 bridgehead atoms. The molecule has 0 spiro atoms. The lowest BCUT2D eigenvalue weighted by Gasteiger charge is -2.42. The molecule has 1 fully saturated rings. The number of nitrogens with two attached hydrogens (primary N) is 1. The summed E-state index contributed by atoms with van der Waals surface area (Å²) in [6, 6.07) is 24.7. The predicted molar refractivity (Wildman–Crippen MR) is 340 cm³/mol. The van der Waals surface area contributed by atoms with E-state index in [0.717, 1.165) is 27.8 Å². The van der Waals surface area contributed by atoms with Crippen molar-refractivity contribution in [3.63, 3.8) is 0 Å². The van der Waals surface area contributed by atoms with Crippen LogP contribution < -0.4 is 37.0 Å². The van der Waals surface area contributed by atoms with Crippen LogP contribution in [0.4, 0.5) is 14.4 Å². The van der Waals surface area contributed by atoms with Gasteiger partial charge in [-0.3, -0.25) is 28.9 Å². The van der Waals surface area contributed by atoms with Crippen LogP contribution in [0.25, 0.3) is 11.1 Å². The van der Waals surface area contributed by atoms with Crippen LogP contribution >= 0.6 is 0 Å². The first-order valence-corrected chi connectivity index (χ1v) is 31.7. The minimum absolute atomic E-state index is 0.0111. The zero-order chi connectivity index (χ0) is 66.1. The second kappa shape index (κ2) is 28.5. The van der Waals surface area contributed by atoms with Crippen LogP contribution in [0.15, 0.2) is 120 Å². The third-order valence-electron chi connectivity index (χ3n) is 16.4. The molecule has 1 saturated carbocycles. The van der Waals surface area contributed by atoms with E-state index in [9.17, 15) is 46.8 Å².